The number of para-hydroxylation sites is 1. The molecule has 3 aromatic heterocycles. The van der Waals surface area contributed by atoms with Crippen molar-refractivity contribution in [3.63, 3.8) is 0 Å². The minimum Gasteiger partial charge on any atom is -0.491 e. The minimum absolute atomic E-state index is 0. The van der Waals surface area contributed by atoms with E-state index in [0.717, 1.165) is 55.1 Å². The summed E-state index contributed by atoms with van der Waals surface area (Å²) in [6, 6.07) is 42.8. The molecular weight excluding hydrogens is 825 g/mol. The predicted octanol–water partition coefficient (Wildman–Crippen LogP) is 13.3. The first kappa shape index (κ1) is 29.6. The molecule has 3 nitrogen and oxygen atoms in total. The molecule has 0 spiro atoms. The van der Waals surface area contributed by atoms with Crippen LogP contribution in [0.1, 0.15) is 67.8 Å². The normalized spacial score (nSPS) is 14.4. The molecule has 3 heterocycles. The SMILES string of the molecule is [2H]C([2H])([2H])c1c[c-]c(-c2ccc(C([2H])([2H])C(C)(C)C)cn2)cc1.[2H]C([2H])(c1ccc(-c2ccnc(-c3[c-]c4ccccc4c4c3oc3ccccc34)c2)cc1)C(C)(C)C.[Ir]. The van der Waals surface area contributed by atoms with Crippen LogP contribution in [0.2, 0.25) is 0 Å². The van der Waals surface area contributed by atoms with Crippen LogP contribution in [-0.2, 0) is 32.9 Å². The number of rotatable bonds is 5. The molecule has 0 saturated carbocycles. The Morgan fingerprint density at radius 1 is 0.698 bits per heavy atom. The second-order valence-electron chi connectivity index (χ2n) is 15.0. The van der Waals surface area contributed by atoms with Gasteiger partial charge in [0.1, 0.15) is 5.58 Å². The van der Waals surface area contributed by atoms with Crippen LogP contribution in [0.5, 0.6) is 0 Å². The van der Waals surface area contributed by atoms with Crippen molar-refractivity contribution < 1.29 is 34.1 Å². The van der Waals surface area contributed by atoms with Crippen molar-refractivity contribution in [1.82, 2.24) is 9.97 Å². The predicted molar refractivity (Wildman–Crippen MR) is 218 cm³/mol. The standard InChI is InChI=1S/C32H26NO.C17H20N.Ir/c1-32(2,3)20-21-12-14-22(15-13-21)23-16-17-33-28(19-23)27-18-24-8-4-5-9-25(24)30-26-10-6-7-11-29(26)34-31(27)30;1-13-5-8-15(9-6-13)16-10-7-14(12-18-16)11-17(2,3)4;/h4-17,19H,20H2,1-3H3;5-8,10,12H,11H2,1-4H3;/q2*-1;/i20D2;1D3,11D2;. The summed E-state index contributed by atoms with van der Waals surface area (Å²) in [5.41, 5.74) is 6.99. The Morgan fingerprint density at radius 3 is 2.08 bits per heavy atom. The maximum absolute atomic E-state index is 8.57. The summed E-state index contributed by atoms with van der Waals surface area (Å²) in [7, 11) is 0. The number of nitrogens with zero attached hydrogens (tertiary/aromatic N) is 2. The Kier molecular flexibility index (Phi) is 8.70. The van der Waals surface area contributed by atoms with Gasteiger partial charge in [0.2, 0.25) is 0 Å². The average molecular weight is 878 g/mol. The molecular formula is C49H46IrN2O-2. The molecule has 0 aliphatic rings. The van der Waals surface area contributed by atoms with Gasteiger partial charge < -0.3 is 9.40 Å². The summed E-state index contributed by atoms with van der Waals surface area (Å²) < 4.78 is 62.1. The Hall–Kier alpha value is -4.89. The molecule has 0 atom stereocenters. The molecule has 53 heavy (non-hydrogen) atoms. The molecule has 0 amide bonds. The molecule has 8 rings (SSSR count). The van der Waals surface area contributed by atoms with Gasteiger partial charge in [0.15, 0.2) is 0 Å². The Morgan fingerprint density at radius 2 is 1.40 bits per heavy atom. The van der Waals surface area contributed by atoms with Gasteiger partial charge in [-0.05, 0) is 69.0 Å². The van der Waals surface area contributed by atoms with Gasteiger partial charge in [-0.3, -0.25) is 4.98 Å². The zero-order valence-corrected chi connectivity index (χ0v) is 33.2. The summed E-state index contributed by atoms with van der Waals surface area (Å²) in [5, 5.41) is 4.29. The van der Waals surface area contributed by atoms with Crippen LogP contribution in [0, 0.1) is 29.8 Å². The maximum atomic E-state index is 8.57. The summed E-state index contributed by atoms with van der Waals surface area (Å²) in [4.78, 5) is 9.01. The number of aryl methyl sites for hydroxylation is 1. The van der Waals surface area contributed by atoms with Crippen molar-refractivity contribution >= 4 is 32.7 Å². The molecule has 269 valence electrons. The van der Waals surface area contributed by atoms with Gasteiger partial charge in [-0.2, -0.15) is 0 Å². The van der Waals surface area contributed by atoms with Crippen LogP contribution in [0.15, 0.2) is 132 Å². The summed E-state index contributed by atoms with van der Waals surface area (Å²) in [5.74, 6) is 0. The van der Waals surface area contributed by atoms with Gasteiger partial charge in [-0.1, -0.05) is 138 Å². The van der Waals surface area contributed by atoms with Crippen LogP contribution in [-0.4, -0.2) is 9.97 Å². The molecule has 0 fully saturated rings. The summed E-state index contributed by atoms with van der Waals surface area (Å²) >= 11 is 0. The van der Waals surface area contributed by atoms with Gasteiger partial charge in [0.25, 0.3) is 0 Å². The van der Waals surface area contributed by atoms with Crippen molar-refractivity contribution in [1.29, 1.82) is 0 Å². The molecule has 0 saturated heterocycles. The first-order valence-electron chi connectivity index (χ1n) is 21.0. The molecule has 5 aromatic carbocycles. The Balaban J connectivity index is 0.000000219. The monoisotopic (exact) mass is 878 g/mol. The number of fused-ring (bicyclic) bond motifs is 5. The largest absolute Gasteiger partial charge is 0.491 e. The van der Waals surface area contributed by atoms with Crippen molar-refractivity contribution in [2.45, 2.75) is 61.1 Å². The van der Waals surface area contributed by atoms with Crippen molar-refractivity contribution in [2.75, 3.05) is 0 Å². The Bertz CT molecular complexity index is 2760. The minimum atomic E-state index is -2.14. The van der Waals surface area contributed by atoms with Crippen LogP contribution in [0.3, 0.4) is 0 Å². The maximum Gasteiger partial charge on any atom is 0.123 e. The van der Waals surface area contributed by atoms with E-state index < -0.39 is 30.4 Å². The van der Waals surface area contributed by atoms with E-state index in [-0.39, 0.29) is 25.7 Å². The second-order valence-corrected chi connectivity index (χ2v) is 15.0. The topological polar surface area (TPSA) is 38.9 Å². The third kappa shape index (κ3) is 9.02. The average Bonchev–Trinajstić information content (AvgIpc) is 3.60. The number of benzene rings is 5. The van der Waals surface area contributed by atoms with Gasteiger partial charge in [-0.25, -0.2) is 0 Å². The molecule has 4 heteroatoms. The molecule has 0 bridgehead atoms. The number of hydrogen-bond donors (Lipinski definition) is 0. The third-order valence-corrected chi connectivity index (χ3v) is 8.40. The van der Waals surface area contributed by atoms with Gasteiger partial charge in [0, 0.05) is 53.2 Å². The molecule has 1 radical (unpaired) electrons. The van der Waals surface area contributed by atoms with Gasteiger partial charge in [-0.15, -0.1) is 52.9 Å². The van der Waals surface area contributed by atoms with E-state index >= 15 is 0 Å². The van der Waals surface area contributed by atoms with E-state index in [4.69, 9.17) is 19.0 Å². The fraction of sp³-hybridized carbons (Fsp3) is 0.224. The molecule has 0 unspecified atom stereocenters. The number of aromatic nitrogens is 2. The smallest absolute Gasteiger partial charge is 0.123 e. The van der Waals surface area contributed by atoms with Crippen molar-refractivity contribution in [3.05, 3.63) is 156 Å². The number of furan rings is 1. The third-order valence-electron chi connectivity index (χ3n) is 8.40. The van der Waals surface area contributed by atoms with Gasteiger partial charge in [0.05, 0.1) is 5.58 Å². The fourth-order valence-corrected chi connectivity index (χ4v) is 6.24. The number of hydrogen-bond acceptors (Lipinski definition) is 3. The zero-order chi connectivity index (χ0) is 42.5. The molecule has 0 N–H and O–H groups in total. The number of pyridine rings is 2. The summed E-state index contributed by atoms with van der Waals surface area (Å²) in [6.07, 6.45) is 0.422. The van der Waals surface area contributed by atoms with E-state index in [1.54, 1.807) is 24.3 Å². The first-order valence-corrected chi connectivity index (χ1v) is 17.5. The quantitative estimate of drug-likeness (QED) is 0.162. The molecule has 8 aromatic rings. The van der Waals surface area contributed by atoms with Crippen LogP contribution in [0.4, 0.5) is 0 Å². The van der Waals surface area contributed by atoms with E-state index in [1.165, 1.54) is 12.3 Å². The van der Waals surface area contributed by atoms with Crippen LogP contribution >= 0.6 is 0 Å². The zero-order valence-electron chi connectivity index (χ0n) is 37.8. The van der Waals surface area contributed by atoms with Crippen molar-refractivity contribution in [2.24, 2.45) is 10.8 Å². The van der Waals surface area contributed by atoms with Gasteiger partial charge >= 0.3 is 0 Å². The van der Waals surface area contributed by atoms with Crippen LogP contribution < -0.4 is 0 Å². The second kappa shape index (κ2) is 15.6. The van der Waals surface area contributed by atoms with E-state index in [0.29, 0.717) is 22.4 Å². The fourth-order valence-electron chi connectivity index (χ4n) is 6.24. The molecule has 0 aliphatic heterocycles. The first-order chi connectivity index (χ1) is 27.7. The Labute approximate surface area is 337 Å². The summed E-state index contributed by atoms with van der Waals surface area (Å²) in [6.45, 7) is 9.18. The van der Waals surface area contributed by atoms with E-state index in [1.807, 2.05) is 108 Å². The van der Waals surface area contributed by atoms with E-state index in [9.17, 15) is 0 Å². The van der Waals surface area contributed by atoms with E-state index in [2.05, 4.69) is 41.4 Å². The van der Waals surface area contributed by atoms with Crippen LogP contribution in [0.25, 0.3) is 66.4 Å². The molecule has 0 aliphatic carbocycles. The van der Waals surface area contributed by atoms with Crippen molar-refractivity contribution in [3.8, 4) is 33.6 Å².